The van der Waals surface area contributed by atoms with Crippen molar-refractivity contribution in [2.75, 3.05) is 0 Å². The summed E-state index contributed by atoms with van der Waals surface area (Å²) in [7, 11) is 0. The van der Waals surface area contributed by atoms with Gasteiger partial charge in [-0.1, -0.05) is 18.6 Å². The zero-order valence-corrected chi connectivity index (χ0v) is 15.1. The van der Waals surface area contributed by atoms with Crippen molar-refractivity contribution in [3.8, 4) is 5.75 Å². The van der Waals surface area contributed by atoms with Crippen LogP contribution in [0.2, 0.25) is 0 Å². The minimum atomic E-state index is -0.0962. The number of carbonyl (C=O) groups excluding carboxylic acids is 1. The zero-order chi connectivity index (χ0) is 17.6. The Bertz CT molecular complexity index is 717. The van der Waals surface area contributed by atoms with Crippen LogP contribution >= 0.6 is 0 Å². The summed E-state index contributed by atoms with van der Waals surface area (Å²) in [5, 5.41) is 7.30. The lowest BCUT2D eigenvalue weighted by atomic mass is 9.98. The van der Waals surface area contributed by atoms with Crippen LogP contribution in [0.3, 0.4) is 0 Å². The van der Waals surface area contributed by atoms with Crippen molar-refractivity contribution >= 4 is 5.91 Å². The number of ether oxygens (including phenoxy) is 1. The predicted octanol–water partition coefficient (Wildman–Crippen LogP) is 3.85. The molecule has 1 aromatic heterocycles. The smallest absolute Gasteiger partial charge is 0.269 e. The van der Waals surface area contributed by atoms with Crippen molar-refractivity contribution in [2.45, 2.75) is 65.1 Å². The quantitative estimate of drug-likeness (QED) is 0.868. The molecule has 5 nitrogen and oxygen atoms in total. The SMILES string of the molecule is CCn1nc(C)cc1C(=O)NCc1cccc(OC2CCCCC2)c1. The summed E-state index contributed by atoms with van der Waals surface area (Å²) in [4.78, 5) is 12.4. The maximum Gasteiger partial charge on any atom is 0.269 e. The van der Waals surface area contributed by atoms with Gasteiger partial charge in [0.15, 0.2) is 0 Å². The van der Waals surface area contributed by atoms with Gasteiger partial charge in [0.25, 0.3) is 5.91 Å². The fourth-order valence-electron chi connectivity index (χ4n) is 3.35. The van der Waals surface area contributed by atoms with Gasteiger partial charge in [-0.2, -0.15) is 5.10 Å². The van der Waals surface area contributed by atoms with Gasteiger partial charge in [-0.15, -0.1) is 0 Å². The first-order valence-electron chi connectivity index (χ1n) is 9.24. The number of benzene rings is 1. The number of aromatic nitrogens is 2. The van der Waals surface area contributed by atoms with Crippen LogP contribution in [0.4, 0.5) is 0 Å². The molecule has 1 aliphatic rings. The van der Waals surface area contributed by atoms with Gasteiger partial charge in [0.1, 0.15) is 11.4 Å². The minimum Gasteiger partial charge on any atom is -0.490 e. The van der Waals surface area contributed by atoms with E-state index in [2.05, 4.69) is 10.4 Å². The molecule has 1 amide bonds. The van der Waals surface area contributed by atoms with E-state index in [1.165, 1.54) is 19.3 Å². The molecular formula is C20H27N3O2. The summed E-state index contributed by atoms with van der Waals surface area (Å²) in [6.45, 7) is 5.04. The molecule has 0 saturated heterocycles. The largest absolute Gasteiger partial charge is 0.490 e. The lowest BCUT2D eigenvalue weighted by Crippen LogP contribution is -2.25. The molecule has 0 unspecified atom stereocenters. The summed E-state index contributed by atoms with van der Waals surface area (Å²) in [6.07, 6.45) is 6.44. The molecule has 1 fully saturated rings. The Labute approximate surface area is 149 Å². The van der Waals surface area contributed by atoms with Crippen LogP contribution in [0.25, 0.3) is 0 Å². The molecule has 0 spiro atoms. The van der Waals surface area contributed by atoms with Crippen LogP contribution in [0, 0.1) is 6.92 Å². The van der Waals surface area contributed by atoms with E-state index in [1.807, 2.05) is 44.2 Å². The molecular weight excluding hydrogens is 314 g/mol. The molecule has 1 N–H and O–H groups in total. The van der Waals surface area contributed by atoms with Gasteiger partial charge in [-0.25, -0.2) is 0 Å². The molecule has 2 aromatic rings. The molecule has 5 heteroatoms. The summed E-state index contributed by atoms with van der Waals surface area (Å²) in [5.41, 5.74) is 2.51. The molecule has 1 saturated carbocycles. The highest BCUT2D eigenvalue weighted by Crippen LogP contribution is 2.24. The fraction of sp³-hybridized carbons (Fsp3) is 0.500. The van der Waals surface area contributed by atoms with Crippen molar-refractivity contribution in [3.63, 3.8) is 0 Å². The normalized spacial score (nSPS) is 15.1. The molecule has 1 aliphatic carbocycles. The van der Waals surface area contributed by atoms with Gasteiger partial charge in [0, 0.05) is 13.1 Å². The van der Waals surface area contributed by atoms with Crippen molar-refractivity contribution in [2.24, 2.45) is 0 Å². The highest BCUT2D eigenvalue weighted by Gasteiger charge is 2.15. The van der Waals surface area contributed by atoms with E-state index in [0.29, 0.717) is 24.9 Å². The van der Waals surface area contributed by atoms with Crippen LogP contribution in [0.15, 0.2) is 30.3 Å². The fourth-order valence-corrected chi connectivity index (χ4v) is 3.35. The van der Waals surface area contributed by atoms with Crippen LogP contribution in [-0.2, 0) is 13.1 Å². The van der Waals surface area contributed by atoms with Gasteiger partial charge in [-0.3, -0.25) is 9.48 Å². The topological polar surface area (TPSA) is 56.2 Å². The van der Waals surface area contributed by atoms with Gasteiger partial charge in [-0.05, 0) is 63.3 Å². The van der Waals surface area contributed by atoms with E-state index in [0.717, 1.165) is 29.8 Å². The third kappa shape index (κ3) is 4.62. The van der Waals surface area contributed by atoms with Gasteiger partial charge in [0.2, 0.25) is 0 Å². The van der Waals surface area contributed by atoms with Gasteiger partial charge in [0.05, 0.1) is 11.8 Å². The number of nitrogens with zero attached hydrogens (tertiary/aromatic N) is 2. The monoisotopic (exact) mass is 341 g/mol. The first kappa shape index (κ1) is 17.5. The Balaban J connectivity index is 1.59. The van der Waals surface area contributed by atoms with Crippen LogP contribution < -0.4 is 10.1 Å². The second-order valence-corrected chi connectivity index (χ2v) is 6.69. The van der Waals surface area contributed by atoms with Crippen LogP contribution in [0.5, 0.6) is 5.75 Å². The van der Waals surface area contributed by atoms with Gasteiger partial charge < -0.3 is 10.1 Å². The van der Waals surface area contributed by atoms with E-state index < -0.39 is 0 Å². The Morgan fingerprint density at radius 1 is 1.28 bits per heavy atom. The van der Waals surface area contributed by atoms with E-state index in [1.54, 1.807) is 4.68 Å². The predicted molar refractivity (Wildman–Crippen MR) is 97.8 cm³/mol. The van der Waals surface area contributed by atoms with E-state index in [9.17, 15) is 4.79 Å². The Hall–Kier alpha value is -2.30. The third-order valence-corrected chi connectivity index (χ3v) is 4.64. The third-order valence-electron chi connectivity index (χ3n) is 4.64. The van der Waals surface area contributed by atoms with E-state index in [4.69, 9.17) is 4.74 Å². The highest BCUT2D eigenvalue weighted by molar-refractivity contribution is 5.92. The van der Waals surface area contributed by atoms with E-state index >= 15 is 0 Å². The second-order valence-electron chi connectivity index (χ2n) is 6.69. The first-order chi connectivity index (χ1) is 12.2. The first-order valence-corrected chi connectivity index (χ1v) is 9.24. The summed E-state index contributed by atoms with van der Waals surface area (Å²) in [5.74, 6) is 0.800. The molecule has 1 aromatic carbocycles. The minimum absolute atomic E-state index is 0.0962. The molecule has 0 radical (unpaired) electrons. The number of aryl methyl sites for hydroxylation is 2. The highest BCUT2D eigenvalue weighted by atomic mass is 16.5. The van der Waals surface area contributed by atoms with Crippen molar-refractivity contribution in [1.82, 2.24) is 15.1 Å². The average molecular weight is 341 g/mol. The molecule has 0 aliphatic heterocycles. The average Bonchev–Trinajstić information content (AvgIpc) is 3.02. The number of carbonyl (C=O) groups is 1. The molecule has 0 bridgehead atoms. The van der Waals surface area contributed by atoms with E-state index in [-0.39, 0.29) is 5.91 Å². The zero-order valence-electron chi connectivity index (χ0n) is 15.1. The lowest BCUT2D eigenvalue weighted by Gasteiger charge is -2.23. The molecule has 134 valence electrons. The van der Waals surface area contributed by atoms with Crippen molar-refractivity contribution < 1.29 is 9.53 Å². The summed E-state index contributed by atoms with van der Waals surface area (Å²) in [6, 6.07) is 9.84. The second kappa shape index (κ2) is 8.19. The number of hydrogen-bond acceptors (Lipinski definition) is 3. The summed E-state index contributed by atoms with van der Waals surface area (Å²) >= 11 is 0. The number of rotatable bonds is 6. The number of hydrogen-bond donors (Lipinski definition) is 1. The molecule has 1 heterocycles. The van der Waals surface area contributed by atoms with Crippen molar-refractivity contribution in [1.29, 1.82) is 0 Å². The molecule has 25 heavy (non-hydrogen) atoms. The van der Waals surface area contributed by atoms with Crippen molar-refractivity contribution in [3.05, 3.63) is 47.3 Å². The molecule has 0 atom stereocenters. The number of amides is 1. The Morgan fingerprint density at radius 2 is 2.08 bits per heavy atom. The van der Waals surface area contributed by atoms with Gasteiger partial charge >= 0.3 is 0 Å². The maximum absolute atomic E-state index is 12.4. The van der Waals surface area contributed by atoms with Crippen LogP contribution in [0.1, 0.15) is 60.8 Å². The lowest BCUT2D eigenvalue weighted by molar-refractivity contribution is 0.0940. The van der Waals surface area contributed by atoms with Crippen LogP contribution in [-0.4, -0.2) is 21.8 Å². The Morgan fingerprint density at radius 3 is 2.84 bits per heavy atom. The summed E-state index contributed by atoms with van der Waals surface area (Å²) < 4.78 is 7.83. The molecule has 3 rings (SSSR count). The maximum atomic E-state index is 12.4. The standard InChI is InChI=1S/C20H27N3O2/c1-3-23-19(12-15(2)22-23)20(24)21-14-16-8-7-11-18(13-16)25-17-9-5-4-6-10-17/h7-8,11-13,17H,3-6,9-10,14H2,1-2H3,(H,21,24). The Kier molecular flexibility index (Phi) is 5.74. The number of nitrogens with one attached hydrogen (secondary N) is 1.